The maximum Gasteiger partial charge on any atom is 0.338 e. The van der Waals surface area contributed by atoms with Crippen LogP contribution >= 0.6 is 0 Å². The van der Waals surface area contributed by atoms with E-state index in [1.807, 2.05) is 0 Å². The highest BCUT2D eigenvalue weighted by atomic mass is 32.2. The zero-order valence-corrected chi connectivity index (χ0v) is 19.0. The molecule has 33 heavy (non-hydrogen) atoms. The fourth-order valence-electron chi connectivity index (χ4n) is 3.51. The van der Waals surface area contributed by atoms with Gasteiger partial charge in [0, 0.05) is 30.9 Å². The second-order valence-electron chi connectivity index (χ2n) is 7.73. The van der Waals surface area contributed by atoms with Crippen LogP contribution < -0.4 is 5.32 Å². The highest BCUT2D eigenvalue weighted by molar-refractivity contribution is 7.89. The number of nitrogens with zero attached hydrogens (tertiary/aromatic N) is 2. The molecule has 0 aliphatic carbocycles. The smallest absolute Gasteiger partial charge is 0.338 e. The number of amides is 1. The van der Waals surface area contributed by atoms with Gasteiger partial charge in [0.15, 0.2) is 6.61 Å². The third kappa shape index (κ3) is 6.14. The SMILES string of the molecule is Cc1ccc(NC(=O)COC(=O)c2ccc([N+](=O)[O-])cc2)cc1S(=O)(=O)N1CCCCCC1. The van der Waals surface area contributed by atoms with Gasteiger partial charge in [-0.05, 0) is 49.6 Å². The van der Waals surface area contributed by atoms with E-state index in [1.165, 1.54) is 22.5 Å². The van der Waals surface area contributed by atoms with Crippen molar-refractivity contribution in [3.8, 4) is 0 Å². The van der Waals surface area contributed by atoms with Crippen LogP contribution in [-0.2, 0) is 19.6 Å². The molecule has 1 aliphatic rings. The van der Waals surface area contributed by atoms with Crippen molar-refractivity contribution < 1.29 is 27.7 Å². The van der Waals surface area contributed by atoms with Crippen LogP contribution in [0.5, 0.6) is 0 Å². The lowest BCUT2D eigenvalue weighted by molar-refractivity contribution is -0.384. The first-order valence-electron chi connectivity index (χ1n) is 10.5. The van der Waals surface area contributed by atoms with Gasteiger partial charge in [-0.3, -0.25) is 14.9 Å². The molecular formula is C22H25N3O7S. The van der Waals surface area contributed by atoms with Crippen molar-refractivity contribution >= 4 is 33.3 Å². The number of benzene rings is 2. The monoisotopic (exact) mass is 475 g/mol. The van der Waals surface area contributed by atoms with Crippen LogP contribution in [0, 0.1) is 17.0 Å². The Morgan fingerprint density at radius 3 is 2.30 bits per heavy atom. The van der Waals surface area contributed by atoms with E-state index in [2.05, 4.69) is 5.32 Å². The molecule has 0 unspecified atom stereocenters. The standard InChI is InChI=1S/C22H25N3O7S/c1-16-6-9-18(14-20(16)33(30,31)24-12-4-2-3-5-13-24)23-21(26)15-32-22(27)17-7-10-19(11-8-17)25(28)29/h6-11,14H,2-5,12-13,15H2,1H3,(H,23,26). The summed E-state index contributed by atoms with van der Waals surface area (Å²) in [4.78, 5) is 34.5. The minimum absolute atomic E-state index is 0.0644. The van der Waals surface area contributed by atoms with Crippen LogP contribution in [-0.4, -0.2) is 49.2 Å². The fourth-order valence-corrected chi connectivity index (χ4v) is 5.28. The molecule has 2 aromatic carbocycles. The Hall–Kier alpha value is -3.31. The predicted octanol–water partition coefficient (Wildman–Crippen LogP) is 3.26. The topological polar surface area (TPSA) is 136 Å². The number of carbonyl (C=O) groups excluding carboxylic acids is 2. The molecule has 0 spiro atoms. The molecule has 0 radical (unpaired) electrons. The molecule has 0 bridgehead atoms. The Kier molecular flexibility index (Phi) is 7.77. The van der Waals surface area contributed by atoms with Gasteiger partial charge < -0.3 is 10.1 Å². The lowest BCUT2D eigenvalue weighted by atomic mass is 10.2. The van der Waals surface area contributed by atoms with Crippen LogP contribution in [0.1, 0.15) is 41.6 Å². The Balaban J connectivity index is 1.64. The zero-order valence-electron chi connectivity index (χ0n) is 18.2. The first kappa shape index (κ1) is 24.3. The summed E-state index contributed by atoms with van der Waals surface area (Å²) in [7, 11) is -3.70. The summed E-state index contributed by atoms with van der Waals surface area (Å²) in [5.74, 6) is -1.46. The van der Waals surface area contributed by atoms with Gasteiger partial charge in [-0.1, -0.05) is 18.9 Å². The molecule has 1 aliphatic heterocycles. The van der Waals surface area contributed by atoms with E-state index in [0.717, 1.165) is 37.8 Å². The average molecular weight is 476 g/mol. The van der Waals surface area contributed by atoms with Gasteiger partial charge in [-0.15, -0.1) is 0 Å². The fraction of sp³-hybridized carbons (Fsp3) is 0.364. The largest absolute Gasteiger partial charge is 0.452 e. The van der Waals surface area contributed by atoms with Crippen molar-refractivity contribution in [2.75, 3.05) is 25.0 Å². The van der Waals surface area contributed by atoms with Gasteiger partial charge in [-0.25, -0.2) is 13.2 Å². The summed E-state index contributed by atoms with van der Waals surface area (Å²) < 4.78 is 32.7. The van der Waals surface area contributed by atoms with Gasteiger partial charge in [-0.2, -0.15) is 4.31 Å². The number of nitro groups is 1. The van der Waals surface area contributed by atoms with Crippen LogP contribution in [0.4, 0.5) is 11.4 Å². The summed E-state index contributed by atoms with van der Waals surface area (Å²) in [6.07, 6.45) is 3.63. The normalized spacial score (nSPS) is 14.8. The number of non-ortho nitro benzene ring substituents is 1. The van der Waals surface area contributed by atoms with E-state index in [1.54, 1.807) is 19.1 Å². The van der Waals surface area contributed by atoms with Crippen LogP contribution in [0.15, 0.2) is 47.4 Å². The van der Waals surface area contributed by atoms with Gasteiger partial charge in [0.05, 0.1) is 15.4 Å². The van der Waals surface area contributed by atoms with E-state index in [9.17, 15) is 28.1 Å². The second kappa shape index (κ2) is 10.5. The minimum atomic E-state index is -3.70. The maximum atomic E-state index is 13.1. The van der Waals surface area contributed by atoms with Crippen molar-refractivity contribution in [2.45, 2.75) is 37.5 Å². The van der Waals surface area contributed by atoms with Gasteiger partial charge in [0.25, 0.3) is 11.6 Å². The van der Waals surface area contributed by atoms with E-state index >= 15 is 0 Å². The first-order valence-corrected chi connectivity index (χ1v) is 11.9. The van der Waals surface area contributed by atoms with Gasteiger partial charge in [0.1, 0.15) is 0 Å². The number of hydrogen-bond donors (Lipinski definition) is 1. The third-order valence-electron chi connectivity index (χ3n) is 5.30. The summed E-state index contributed by atoms with van der Waals surface area (Å²) in [6, 6.07) is 9.39. The molecule has 0 aromatic heterocycles. The minimum Gasteiger partial charge on any atom is -0.452 e. The molecule has 176 valence electrons. The predicted molar refractivity (Wildman–Crippen MR) is 120 cm³/mol. The number of carbonyl (C=O) groups is 2. The number of rotatable bonds is 7. The van der Waals surface area contributed by atoms with Crippen LogP contribution in [0.25, 0.3) is 0 Å². The Bertz CT molecular complexity index is 1140. The number of nitrogens with one attached hydrogen (secondary N) is 1. The van der Waals surface area contributed by atoms with Gasteiger partial charge >= 0.3 is 5.97 Å². The molecule has 3 rings (SSSR count). The van der Waals surface area contributed by atoms with E-state index in [4.69, 9.17) is 4.74 Å². The first-order chi connectivity index (χ1) is 15.7. The molecule has 0 saturated carbocycles. The molecule has 10 nitrogen and oxygen atoms in total. The highest BCUT2D eigenvalue weighted by Gasteiger charge is 2.27. The average Bonchev–Trinajstić information content (AvgIpc) is 3.09. The van der Waals surface area contributed by atoms with Crippen molar-refractivity contribution in [2.24, 2.45) is 0 Å². The molecule has 1 amide bonds. The Morgan fingerprint density at radius 2 is 1.70 bits per heavy atom. The quantitative estimate of drug-likeness (QED) is 0.369. The third-order valence-corrected chi connectivity index (χ3v) is 7.34. The van der Waals surface area contributed by atoms with E-state index < -0.39 is 33.4 Å². The lowest BCUT2D eigenvalue weighted by Gasteiger charge is -2.21. The molecule has 0 atom stereocenters. The summed E-state index contributed by atoms with van der Waals surface area (Å²) in [6.45, 7) is 2.04. The Morgan fingerprint density at radius 1 is 1.06 bits per heavy atom. The molecule has 1 heterocycles. The number of ether oxygens (including phenoxy) is 1. The highest BCUT2D eigenvalue weighted by Crippen LogP contribution is 2.26. The van der Waals surface area contributed by atoms with Crippen molar-refractivity contribution in [3.63, 3.8) is 0 Å². The van der Waals surface area contributed by atoms with Gasteiger partial charge in [0.2, 0.25) is 10.0 Å². The van der Waals surface area contributed by atoms with Crippen molar-refractivity contribution in [1.82, 2.24) is 4.31 Å². The molecule has 2 aromatic rings. The number of nitro benzene ring substituents is 1. The number of esters is 1. The molecule has 1 N–H and O–H groups in total. The summed E-state index contributed by atoms with van der Waals surface area (Å²) in [5.41, 5.74) is 0.733. The molecule has 1 saturated heterocycles. The summed E-state index contributed by atoms with van der Waals surface area (Å²) >= 11 is 0. The number of sulfonamides is 1. The summed E-state index contributed by atoms with van der Waals surface area (Å²) in [5, 5.41) is 13.2. The van der Waals surface area contributed by atoms with Crippen LogP contribution in [0.3, 0.4) is 0 Å². The second-order valence-corrected chi connectivity index (χ2v) is 9.63. The van der Waals surface area contributed by atoms with Crippen molar-refractivity contribution in [1.29, 1.82) is 0 Å². The molecule has 1 fully saturated rings. The molecular weight excluding hydrogens is 450 g/mol. The number of anilines is 1. The zero-order chi connectivity index (χ0) is 24.0. The van der Waals surface area contributed by atoms with Crippen molar-refractivity contribution in [3.05, 3.63) is 63.7 Å². The van der Waals surface area contributed by atoms with Crippen LogP contribution in [0.2, 0.25) is 0 Å². The number of hydrogen-bond acceptors (Lipinski definition) is 7. The maximum absolute atomic E-state index is 13.1. The lowest BCUT2D eigenvalue weighted by Crippen LogP contribution is -2.32. The van der Waals surface area contributed by atoms with E-state index in [0.29, 0.717) is 18.7 Å². The van der Waals surface area contributed by atoms with E-state index in [-0.39, 0.29) is 21.8 Å². The molecule has 11 heteroatoms. The Labute approximate surface area is 191 Å². The number of aryl methyl sites for hydroxylation is 1.